The van der Waals surface area contributed by atoms with Crippen LogP contribution in [0.25, 0.3) is 11.3 Å². The van der Waals surface area contributed by atoms with Gasteiger partial charge in [-0.3, -0.25) is 0 Å². The average Bonchev–Trinajstić information content (AvgIpc) is 2.59. The maximum absolute atomic E-state index is 6.20. The summed E-state index contributed by atoms with van der Waals surface area (Å²) in [6.07, 6.45) is 1.74. The Morgan fingerprint density at radius 3 is 2.69 bits per heavy atom. The summed E-state index contributed by atoms with van der Waals surface area (Å²) in [4.78, 5) is 4.17. The summed E-state index contributed by atoms with van der Waals surface area (Å²) in [6.45, 7) is 0. The molecule has 5 heteroatoms. The summed E-state index contributed by atoms with van der Waals surface area (Å²) >= 11 is 9.60. The van der Waals surface area contributed by atoms with E-state index < -0.39 is 0 Å². The van der Waals surface area contributed by atoms with E-state index in [1.807, 2.05) is 23.7 Å². The van der Waals surface area contributed by atoms with Crippen LogP contribution in [0, 0.1) is 0 Å². The number of nitrogens with zero attached hydrogens (tertiary/aromatic N) is 2. The summed E-state index contributed by atoms with van der Waals surface area (Å²) in [5, 5.41) is 0.642. The zero-order valence-corrected chi connectivity index (χ0v) is 11.2. The van der Waals surface area contributed by atoms with Gasteiger partial charge in [-0.25, -0.2) is 4.98 Å². The van der Waals surface area contributed by atoms with Gasteiger partial charge in [-0.2, -0.15) is 0 Å². The SMILES string of the molecule is COc1ccc(-c2c(Br)ncn2C)c(Cl)c1. The minimum absolute atomic E-state index is 0.642. The number of aromatic nitrogens is 2. The van der Waals surface area contributed by atoms with E-state index in [0.29, 0.717) is 5.02 Å². The summed E-state index contributed by atoms with van der Waals surface area (Å²) in [7, 11) is 3.54. The van der Waals surface area contributed by atoms with E-state index in [-0.39, 0.29) is 0 Å². The summed E-state index contributed by atoms with van der Waals surface area (Å²) in [5.41, 5.74) is 1.88. The topological polar surface area (TPSA) is 27.1 Å². The van der Waals surface area contributed by atoms with Crippen LogP contribution in [-0.4, -0.2) is 16.7 Å². The van der Waals surface area contributed by atoms with Crippen LogP contribution >= 0.6 is 27.5 Å². The number of benzene rings is 1. The molecule has 0 aliphatic rings. The Bertz CT molecular complexity index is 505. The van der Waals surface area contributed by atoms with Crippen molar-refractivity contribution in [3.8, 4) is 17.0 Å². The Labute approximate surface area is 107 Å². The van der Waals surface area contributed by atoms with Gasteiger partial charge in [-0.15, -0.1) is 0 Å². The lowest BCUT2D eigenvalue weighted by molar-refractivity contribution is 0.415. The molecule has 84 valence electrons. The molecule has 3 nitrogen and oxygen atoms in total. The van der Waals surface area contributed by atoms with Gasteiger partial charge >= 0.3 is 0 Å². The average molecular weight is 302 g/mol. The van der Waals surface area contributed by atoms with Crippen LogP contribution in [0.4, 0.5) is 0 Å². The first-order valence-electron chi connectivity index (χ1n) is 4.64. The van der Waals surface area contributed by atoms with Gasteiger partial charge in [0.25, 0.3) is 0 Å². The highest BCUT2D eigenvalue weighted by atomic mass is 79.9. The van der Waals surface area contributed by atoms with Gasteiger partial charge in [-0.05, 0) is 34.1 Å². The van der Waals surface area contributed by atoms with Crippen molar-refractivity contribution in [1.82, 2.24) is 9.55 Å². The second-order valence-electron chi connectivity index (χ2n) is 3.34. The zero-order valence-electron chi connectivity index (χ0n) is 8.87. The molecule has 1 aromatic carbocycles. The smallest absolute Gasteiger partial charge is 0.132 e. The second kappa shape index (κ2) is 4.47. The van der Waals surface area contributed by atoms with Gasteiger partial charge in [0.05, 0.1) is 24.2 Å². The van der Waals surface area contributed by atoms with Crippen LogP contribution < -0.4 is 4.74 Å². The van der Waals surface area contributed by atoms with Crippen molar-refractivity contribution in [2.75, 3.05) is 7.11 Å². The molecule has 1 aromatic heterocycles. The third-order valence-electron chi connectivity index (χ3n) is 2.32. The highest BCUT2D eigenvalue weighted by Gasteiger charge is 2.12. The molecule has 0 bridgehead atoms. The van der Waals surface area contributed by atoms with E-state index in [2.05, 4.69) is 20.9 Å². The Morgan fingerprint density at radius 1 is 1.44 bits per heavy atom. The molecule has 0 atom stereocenters. The van der Waals surface area contributed by atoms with Crippen molar-refractivity contribution < 1.29 is 4.74 Å². The maximum Gasteiger partial charge on any atom is 0.132 e. The number of aryl methyl sites for hydroxylation is 1. The van der Waals surface area contributed by atoms with Gasteiger partial charge in [0.15, 0.2) is 0 Å². The number of rotatable bonds is 2. The maximum atomic E-state index is 6.20. The third-order valence-corrected chi connectivity index (χ3v) is 3.22. The van der Waals surface area contributed by atoms with Crippen LogP contribution in [0.3, 0.4) is 0 Å². The van der Waals surface area contributed by atoms with Crippen molar-refractivity contribution in [2.24, 2.45) is 7.05 Å². The van der Waals surface area contributed by atoms with Gasteiger partial charge in [0.2, 0.25) is 0 Å². The quantitative estimate of drug-likeness (QED) is 0.849. The van der Waals surface area contributed by atoms with Crippen molar-refractivity contribution >= 4 is 27.5 Å². The molecular formula is C11H10BrClN2O. The van der Waals surface area contributed by atoms with Gasteiger partial charge < -0.3 is 9.30 Å². The van der Waals surface area contributed by atoms with E-state index >= 15 is 0 Å². The molecule has 0 saturated heterocycles. The molecule has 0 unspecified atom stereocenters. The lowest BCUT2D eigenvalue weighted by Crippen LogP contribution is -1.91. The third kappa shape index (κ3) is 1.95. The standard InChI is InChI=1S/C11H10BrClN2O/c1-15-6-14-11(12)10(15)8-4-3-7(16-2)5-9(8)13/h3-6H,1-2H3. The normalized spacial score (nSPS) is 10.5. The van der Waals surface area contributed by atoms with Crippen LogP contribution in [0.5, 0.6) is 5.75 Å². The van der Waals surface area contributed by atoms with Crippen LogP contribution in [-0.2, 0) is 7.05 Å². The molecule has 0 amide bonds. The molecule has 2 aromatic rings. The highest BCUT2D eigenvalue weighted by Crippen LogP contribution is 2.34. The van der Waals surface area contributed by atoms with E-state index in [0.717, 1.165) is 21.6 Å². The minimum atomic E-state index is 0.642. The molecular weight excluding hydrogens is 291 g/mol. The van der Waals surface area contributed by atoms with Crippen LogP contribution in [0.1, 0.15) is 0 Å². The number of imidazole rings is 1. The summed E-state index contributed by atoms with van der Waals surface area (Å²) < 4.78 is 7.80. The van der Waals surface area contributed by atoms with Crippen molar-refractivity contribution in [2.45, 2.75) is 0 Å². The molecule has 0 aliphatic heterocycles. The van der Waals surface area contributed by atoms with Gasteiger partial charge in [0, 0.05) is 12.6 Å². The Hall–Kier alpha value is -1.00. The second-order valence-corrected chi connectivity index (χ2v) is 4.50. The molecule has 0 saturated carbocycles. The first-order chi connectivity index (χ1) is 7.63. The molecule has 1 heterocycles. The van der Waals surface area contributed by atoms with E-state index in [1.165, 1.54) is 0 Å². The first-order valence-corrected chi connectivity index (χ1v) is 5.81. The summed E-state index contributed by atoms with van der Waals surface area (Å²) in [5.74, 6) is 0.743. The van der Waals surface area contributed by atoms with Gasteiger partial charge in [-0.1, -0.05) is 11.6 Å². The number of methoxy groups -OCH3 is 1. The first kappa shape index (κ1) is 11.5. The fraction of sp³-hybridized carbons (Fsp3) is 0.182. The van der Waals surface area contributed by atoms with E-state index in [9.17, 15) is 0 Å². The number of hydrogen-bond acceptors (Lipinski definition) is 2. The van der Waals surface area contributed by atoms with Crippen molar-refractivity contribution in [3.63, 3.8) is 0 Å². The fourth-order valence-electron chi connectivity index (χ4n) is 1.52. The largest absolute Gasteiger partial charge is 0.497 e. The van der Waals surface area contributed by atoms with Crippen molar-refractivity contribution in [3.05, 3.63) is 34.2 Å². The van der Waals surface area contributed by atoms with Crippen LogP contribution in [0.15, 0.2) is 29.1 Å². The molecule has 0 aliphatic carbocycles. The number of halogens is 2. The van der Waals surface area contributed by atoms with Gasteiger partial charge in [0.1, 0.15) is 10.4 Å². The van der Waals surface area contributed by atoms with E-state index in [1.54, 1.807) is 19.5 Å². The number of ether oxygens (including phenoxy) is 1. The predicted molar refractivity (Wildman–Crippen MR) is 67.9 cm³/mol. The minimum Gasteiger partial charge on any atom is -0.497 e. The lowest BCUT2D eigenvalue weighted by atomic mass is 10.1. The molecule has 0 radical (unpaired) electrons. The highest BCUT2D eigenvalue weighted by molar-refractivity contribution is 9.10. The Balaban J connectivity index is 2.57. The molecule has 0 fully saturated rings. The van der Waals surface area contributed by atoms with Crippen LogP contribution in [0.2, 0.25) is 5.02 Å². The molecule has 2 rings (SSSR count). The molecule has 0 N–H and O–H groups in total. The zero-order chi connectivity index (χ0) is 11.7. The lowest BCUT2D eigenvalue weighted by Gasteiger charge is -2.07. The fourth-order valence-corrected chi connectivity index (χ4v) is 2.36. The van der Waals surface area contributed by atoms with Crippen molar-refractivity contribution in [1.29, 1.82) is 0 Å². The Kier molecular flexibility index (Phi) is 3.21. The number of hydrogen-bond donors (Lipinski definition) is 0. The Morgan fingerprint density at radius 2 is 2.19 bits per heavy atom. The predicted octanol–water partition coefficient (Wildman–Crippen LogP) is 3.51. The summed E-state index contributed by atoms with van der Waals surface area (Å²) in [6, 6.07) is 5.58. The van der Waals surface area contributed by atoms with E-state index in [4.69, 9.17) is 16.3 Å². The monoisotopic (exact) mass is 300 g/mol. The molecule has 16 heavy (non-hydrogen) atoms. The molecule has 0 spiro atoms.